The average molecular weight is 195 g/mol. The Morgan fingerprint density at radius 1 is 1.33 bits per heavy atom. The van der Waals surface area contributed by atoms with Crippen molar-refractivity contribution in [2.24, 2.45) is 32.9 Å². The van der Waals surface area contributed by atoms with E-state index < -0.39 is 0 Å². The highest BCUT2D eigenvalue weighted by atomic mass is 35.5. The molecule has 0 rings (SSSR count). The summed E-state index contributed by atoms with van der Waals surface area (Å²) in [5, 5.41) is 0. The molecule has 7 heteroatoms. The first-order valence-corrected chi connectivity index (χ1v) is 3.24. The molecule has 0 heterocycles. The van der Waals surface area contributed by atoms with Gasteiger partial charge in [0.1, 0.15) is 6.17 Å². The number of hydrogen-bond donors (Lipinski definition) is 4. The molecule has 72 valence electrons. The minimum Gasteiger partial charge on any atom is -0.370 e. The van der Waals surface area contributed by atoms with E-state index in [9.17, 15) is 0 Å². The van der Waals surface area contributed by atoms with E-state index in [4.69, 9.17) is 22.9 Å². The smallest absolute Gasteiger partial charge is 0.220 e. The minimum absolute atomic E-state index is 0. The van der Waals surface area contributed by atoms with Crippen LogP contribution in [0.3, 0.4) is 0 Å². The first kappa shape index (κ1) is 13.6. The van der Waals surface area contributed by atoms with E-state index in [0.717, 1.165) is 0 Å². The molecule has 0 bridgehead atoms. The Morgan fingerprint density at radius 2 is 1.83 bits per heavy atom. The van der Waals surface area contributed by atoms with Crippen molar-refractivity contribution in [3.8, 4) is 0 Å². The van der Waals surface area contributed by atoms with Gasteiger partial charge in [-0.1, -0.05) is 6.92 Å². The van der Waals surface area contributed by atoms with Crippen molar-refractivity contribution in [3.63, 3.8) is 0 Å². The van der Waals surface area contributed by atoms with Gasteiger partial charge in [-0.25, -0.2) is 4.99 Å². The molecule has 0 aromatic rings. The fourth-order valence-electron chi connectivity index (χ4n) is 0.422. The zero-order valence-electron chi connectivity index (χ0n) is 6.90. The molecular weight excluding hydrogens is 180 g/mol. The number of guanidine groups is 2. The third-order valence-corrected chi connectivity index (χ3v) is 0.960. The second-order valence-electron chi connectivity index (χ2n) is 2.00. The van der Waals surface area contributed by atoms with Crippen LogP contribution in [-0.2, 0) is 0 Å². The first-order valence-electron chi connectivity index (χ1n) is 3.24. The monoisotopic (exact) mass is 194 g/mol. The predicted octanol–water partition coefficient (Wildman–Crippen LogP) is -1.31. The Morgan fingerprint density at radius 3 is 2.17 bits per heavy atom. The number of rotatable bonds is 2. The van der Waals surface area contributed by atoms with Crippen molar-refractivity contribution in [2.45, 2.75) is 19.5 Å². The Labute approximate surface area is 77.5 Å². The zero-order chi connectivity index (χ0) is 8.85. The molecule has 0 saturated heterocycles. The molecular formula is C5H15ClN6. The second-order valence-corrected chi connectivity index (χ2v) is 2.00. The third kappa shape index (κ3) is 7.10. The number of nitrogens with zero attached hydrogens (tertiary/aromatic N) is 2. The van der Waals surface area contributed by atoms with Gasteiger partial charge in [-0.15, -0.1) is 12.4 Å². The summed E-state index contributed by atoms with van der Waals surface area (Å²) in [6, 6.07) is 0. The SMILES string of the molecule is CCC(N)N=C(N)N=C(N)N.Cl. The Hall–Kier alpha value is -1.01. The molecule has 6 nitrogen and oxygen atoms in total. The molecule has 0 fully saturated rings. The third-order valence-electron chi connectivity index (χ3n) is 0.960. The van der Waals surface area contributed by atoms with E-state index in [-0.39, 0.29) is 30.5 Å². The molecule has 0 spiro atoms. The van der Waals surface area contributed by atoms with Gasteiger partial charge in [0.2, 0.25) is 5.96 Å². The molecule has 1 atom stereocenters. The maximum atomic E-state index is 5.43. The van der Waals surface area contributed by atoms with Gasteiger partial charge in [0.05, 0.1) is 0 Å². The van der Waals surface area contributed by atoms with Gasteiger partial charge in [0.25, 0.3) is 0 Å². The van der Waals surface area contributed by atoms with E-state index in [1.807, 2.05) is 6.92 Å². The van der Waals surface area contributed by atoms with Crippen LogP contribution in [0.25, 0.3) is 0 Å². The predicted molar refractivity (Wildman–Crippen MR) is 52.9 cm³/mol. The fraction of sp³-hybridized carbons (Fsp3) is 0.600. The summed E-state index contributed by atoms with van der Waals surface area (Å²) in [6.07, 6.45) is 0.360. The van der Waals surface area contributed by atoms with Crippen LogP contribution in [0.15, 0.2) is 9.98 Å². The van der Waals surface area contributed by atoms with Crippen molar-refractivity contribution in [1.29, 1.82) is 0 Å². The Bertz CT molecular complexity index is 173. The van der Waals surface area contributed by atoms with Gasteiger partial charge in [-0.05, 0) is 6.42 Å². The number of halogens is 1. The largest absolute Gasteiger partial charge is 0.370 e. The fourth-order valence-corrected chi connectivity index (χ4v) is 0.422. The van der Waals surface area contributed by atoms with E-state index in [1.54, 1.807) is 0 Å². The standard InChI is InChI=1S/C5H14N6.ClH/c1-2-3(6)10-5(9)11-4(7)8;/h3H,2,6H2,1H3,(H6,7,8,9,10,11);1H. The number of nitrogens with two attached hydrogens (primary N) is 4. The molecule has 12 heavy (non-hydrogen) atoms. The molecule has 0 radical (unpaired) electrons. The lowest BCUT2D eigenvalue weighted by atomic mass is 10.4. The van der Waals surface area contributed by atoms with E-state index >= 15 is 0 Å². The maximum Gasteiger partial charge on any atom is 0.220 e. The molecule has 8 N–H and O–H groups in total. The molecule has 0 aromatic heterocycles. The topological polar surface area (TPSA) is 129 Å². The molecule has 0 aliphatic heterocycles. The Kier molecular flexibility index (Phi) is 7.56. The van der Waals surface area contributed by atoms with E-state index in [2.05, 4.69) is 9.98 Å². The Balaban J connectivity index is 0. The molecule has 0 aromatic carbocycles. The van der Waals surface area contributed by atoms with Gasteiger partial charge in [0.15, 0.2) is 5.96 Å². The lowest BCUT2D eigenvalue weighted by Crippen LogP contribution is -2.28. The van der Waals surface area contributed by atoms with Crippen molar-refractivity contribution in [2.75, 3.05) is 0 Å². The van der Waals surface area contributed by atoms with Crippen molar-refractivity contribution < 1.29 is 0 Å². The van der Waals surface area contributed by atoms with Crippen LogP contribution in [0.4, 0.5) is 0 Å². The van der Waals surface area contributed by atoms with Crippen LogP contribution in [0.2, 0.25) is 0 Å². The molecule has 1 unspecified atom stereocenters. The first-order chi connectivity index (χ1) is 5.06. The van der Waals surface area contributed by atoms with E-state index in [1.165, 1.54) is 0 Å². The summed E-state index contributed by atoms with van der Waals surface area (Å²) < 4.78 is 0. The van der Waals surface area contributed by atoms with Gasteiger partial charge in [-0.2, -0.15) is 4.99 Å². The van der Waals surface area contributed by atoms with Crippen molar-refractivity contribution in [3.05, 3.63) is 0 Å². The normalized spacial score (nSPS) is 13.0. The lowest BCUT2D eigenvalue weighted by molar-refractivity contribution is 0.682. The highest BCUT2D eigenvalue weighted by Crippen LogP contribution is 1.87. The highest BCUT2D eigenvalue weighted by Gasteiger charge is 1.95. The van der Waals surface area contributed by atoms with Crippen LogP contribution >= 0.6 is 12.4 Å². The molecule has 0 aliphatic rings. The second kappa shape index (κ2) is 6.68. The average Bonchev–Trinajstić information content (AvgIpc) is 1.85. The van der Waals surface area contributed by atoms with Gasteiger partial charge < -0.3 is 22.9 Å². The van der Waals surface area contributed by atoms with Crippen LogP contribution in [0.1, 0.15) is 13.3 Å². The molecule has 0 amide bonds. The van der Waals surface area contributed by atoms with Crippen molar-refractivity contribution >= 4 is 24.3 Å². The summed E-state index contributed by atoms with van der Waals surface area (Å²) in [5.41, 5.74) is 20.8. The summed E-state index contributed by atoms with van der Waals surface area (Å²) in [4.78, 5) is 7.25. The molecule has 0 aliphatic carbocycles. The van der Waals surface area contributed by atoms with E-state index in [0.29, 0.717) is 6.42 Å². The molecule has 0 saturated carbocycles. The number of hydrogen-bond acceptors (Lipinski definition) is 2. The van der Waals surface area contributed by atoms with Crippen LogP contribution in [-0.4, -0.2) is 18.1 Å². The minimum atomic E-state index is -0.335. The van der Waals surface area contributed by atoms with Crippen molar-refractivity contribution in [1.82, 2.24) is 0 Å². The summed E-state index contributed by atoms with van der Waals surface area (Å²) >= 11 is 0. The van der Waals surface area contributed by atoms with Crippen LogP contribution in [0.5, 0.6) is 0 Å². The highest BCUT2D eigenvalue weighted by molar-refractivity contribution is 5.92. The number of aliphatic imine (C=N–C) groups is 2. The van der Waals surface area contributed by atoms with Gasteiger partial charge in [-0.3, -0.25) is 0 Å². The summed E-state index contributed by atoms with van der Waals surface area (Å²) in [7, 11) is 0. The van der Waals surface area contributed by atoms with Crippen LogP contribution in [0, 0.1) is 0 Å². The van der Waals surface area contributed by atoms with Crippen LogP contribution < -0.4 is 22.9 Å². The van der Waals surface area contributed by atoms with Gasteiger partial charge >= 0.3 is 0 Å². The maximum absolute atomic E-state index is 5.43. The summed E-state index contributed by atoms with van der Waals surface area (Å²) in [5.74, 6) is -0.103. The quantitative estimate of drug-likeness (QED) is 0.321. The van der Waals surface area contributed by atoms with Gasteiger partial charge in [0, 0.05) is 0 Å². The zero-order valence-corrected chi connectivity index (χ0v) is 7.71. The summed E-state index contributed by atoms with van der Waals surface area (Å²) in [6.45, 7) is 1.89. The lowest BCUT2D eigenvalue weighted by Gasteiger charge is -2.01.